The molecule has 2 amide bonds. The first-order valence-corrected chi connectivity index (χ1v) is 9.81. The highest BCUT2D eigenvalue weighted by atomic mass is 32.2. The van der Waals surface area contributed by atoms with E-state index in [0.717, 1.165) is 10.2 Å². The number of nitrogens with one attached hydrogen (secondary N) is 1. The molecule has 1 N–H and O–H groups in total. The smallest absolute Gasteiger partial charge is 0.322 e. The van der Waals surface area contributed by atoms with Crippen LogP contribution in [0.2, 0.25) is 0 Å². The third-order valence-electron chi connectivity index (χ3n) is 3.79. The summed E-state index contributed by atoms with van der Waals surface area (Å²) in [6, 6.07) is 7.45. The monoisotopic (exact) mass is 354 g/mol. The predicted molar refractivity (Wildman–Crippen MR) is 91.2 cm³/mol. The summed E-state index contributed by atoms with van der Waals surface area (Å²) in [5, 5.41) is 3.35. The van der Waals surface area contributed by atoms with Crippen LogP contribution in [0.4, 0.5) is 9.93 Å². The standard InChI is InChI=1S/C14H18N4O3S2/c1-2-23(20,21)18-9-7-17(8-10-18)14(19)16-13-15-11-5-3-4-6-12(11)22-13/h3-6H,2,7-10H2,1H3,(H,15,16,19). The molecule has 0 radical (unpaired) electrons. The Morgan fingerprint density at radius 1 is 1.26 bits per heavy atom. The van der Waals surface area contributed by atoms with Gasteiger partial charge in [0, 0.05) is 26.2 Å². The number of benzene rings is 1. The van der Waals surface area contributed by atoms with E-state index in [1.807, 2.05) is 24.3 Å². The van der Waals surface area contributed by atoms with Crippen molar-refractivity contribution >= 4 is 42.7 Å². The van der Waals surface area contributed by atoms with Gasteiger partial charge in [0.25, 0.3) is 0 Å². The maximum atomic E-state index is 12.3. The number of para-hydroxylation sites is 1. The van der Waals surface area contributed by atoms with Crippen molar-refractivity contribution in [1.82, 2.24) is 14.2 Å². The highest BCUT2D eigenvalue weighted by Gasteiger charge is 2.27. The van der Waals surface area contributed by atoms with Crippen LogP contribution in [0.1, 0.15) is 6.92 Å². The van der Waals surface area contributed by atoms with E-state index in [1.54, 1.807) is 11.8 Å². The number of thiazole rings is 1. The lowest BCUT2D eigenvalue weighted by molar-refractivity contribution is 0.184. The van der Waals surface area contributed by atoms with Gasteiger partial charge in [0.1, 0.15) is 0 Å². The second-order valence-corrected chi connectivity index (χ2v) is 8.49. The molecule has 0 spiro atoms. The first-order chi connectivity index (χ1) is 11.0. The van der Waals surface area contributed by atoms with Crippen molar-refractivity contribution in [1.29, 1.82) is 0 Å². The molecule has 2 heterocycles. The molecule has 0 saturated carbocycles. The quantitative estimate of drug-likeness (QED) is 0.911. The third kappa shape index (κ3) is 3.46. The summed E-state index contributed by atoms with van der Waals surface area (Å²) >= 11 is 1.42. The van der Waals surface area contributed by atoms with Gasteiger partial charge in [-0.15, -0.1) is 0 Å². The van der Waals surface area contributed by atoms with E-state index >= 15 is 0 Å². The Bertz CT molecular complexity index is 777. The van der Waals surface area contributed by atoms with Crippen molar-refractivity contribution in [2.75, 3.05) is 37.2 Å². The fraction of sp³-hybridized carbons (Fsp3) is 0.429. The van der Waals surface area contributed by atoms with Gasteiger partial charge < -0.3 is 4.90 Å². The third-order valence-corrected chi connectivity index (χ3v) is 6.63. The molecule has 1 aromatic carbocycles. The number of hydrogen-bond donors (Lipinski definition) is 1. The molecule has 0 atom stereocenters. The molecular weight excluding hydrogens is 336 g/mol. The molecule has 2 aromatic rings. The zero-order valence-electron chi connectivity index (χ0n) is 12.7. The Hall–Kier alpha value is -1.71. The van der Waals surface area contributed by atoms with Crippen molar-refractivity contribution in [3.8, 4) is 0 Å². The molecule has 1 aliphatic rings. The van der Waals surface area contributed by atoms with Crippen LogP contribution in [0, 0.1) is 0 Å². The first-order valence-electron chi connectivity index (χ1n) is 7.39. The highest BCUT2D eigenvalue weighted by Crippen LogP contribution is 2.25. The molecule has 1 saturated heterocycles. The van der Waals surface area contributed by atoms with Gasteiger partial charge in [0.2, 0.25) is 10.0 Å². The minimum absolute atomic E-state index is 0.0882. The summed E-state index contributed by atoms with van der Waals surface area (Å²) in [4.78, 5) is 18.3. The predicted octanol–water partition coefficient (Wildman–Crippen LogP) is 1.80. The number of hydrogen-bond acceptors (Lipinski definition) is 5. The molecule has 9 heteroatoms. The van der Waals surface area contributed by atoms with Crippen LogP contribution < -0.4 is 5.32 Å². The lowest BCUT2D eigenvalue weighted by atomic mass is 10.3. The van der Waals surface area contributed by atoms with Crippen molar-refractivity contribution in [2.45, 2.75) is 6.92 Å². The molecule has 0 unspecified atom stereocenters. The maximum absolute atomic E-state index is 12.3. The maximum Gasteiger partial charge on any atom is 0.323 e. The summed E-state index contributed by atoms with van der Waals surface area (Å²) in [5.74, 6) is 0.0882. The molecule has 3 rings (SSSR count). The Morgan fingerprint density at radius 3 is 2.61 bits per heavy atom. The van der Waals surface area contributed by atoms with Crippen molar-refractivity contribution in [3.05, 3.63) is 24.3 Å². The number of nitrogens with zero attached hydrogens (tertiary/aromatic N) is 3. The first kappa shape index (κ1) is 16.2. The SMILES string of the molecule is CCS(=O)(=O)N1CCN(C(=O)Nc2nc3ccccc3s2)CC1. The van der Waals surface area contributed by atoms with E-state index in [0.29, 0.717) is 31.3 Å². The minimum Gasteiger partial charge on any atom is -0.322 e. The molecule has 124 valence electrons. The second-order valence-electron chi connectivity index (χ2n) is 5.20. The summed E-state index contributed by atoms with van der Waals surface area (Å²) < 4.78 is 26.1. The van der Waals surface area contributed by atoms with Gasteiger partial charge in [-0.3, -0.25) is 5.32 Å². The molecule has 23 heavy (non-hydrogen) atoms. The number of amides is 2. The number of piperazine rings is 1. The zero-order valence-corrected chi connectivity index (χ0v) is 14.4. The molecule has 1 fully saturated rings. The topological polar surface area (TPSA) is 82.6 Å². The van der Waals surface area contributed by atoms with Gasteiger partial charge in [-0.2, -0.15) is 4.31 Å². The van der Waals surface area contributed by atoms with E-state index in [-0.39, 0.29) is 11.8 Å². The molecule has 7 nitrogen and oxygen atoms in total. The van der Waals surface area contributed by atoms with E-state index in [9.17, 15) is 13.2 Å². The lowest BCUT2D eigenvalue weighted by Gasteiger charge is -2.33. The number of carbonyl (C=O) groups excluding carboxylic acids is 1. The minimum atomic E-state index is -3.18. The van der Waals surface area contributed by atoms with E-state index in [2.05, 4.69) is 10.3 Å². The van der Waals surface area contributed by atoms with Crippen molar-refractivity contribution < 1.29 is 13.2 Å². The Kier molecular flexibility index (Phi) is 4.51. The number of sulfonamides is 1. The number of carbonyl (C=O) groups is 1. The lowest BCUT2D eigenvalue weighted by Crippen LogP contribution is -2.51. The Labute approximate surface area is 139 Å². The summed E-state index contributed by atoms with van der Waals surface area (Å²) in [7, 11) is -3.18. The van der Waals surface area contributed by atoms with Crippen LogP contribution in [0.15, 0.2) is 24.3 Å². The zero-order chi connectivity index (χ0) is 16.4. The highest BCUT2D eigenvalue weighted by molar-refractivity contribution is 7.89. The van der Waals surface area contributed by atoms with Gasteiger partial charge in [0.15, 0.2) is 5.13 Å². The molecule has 1 aliphatic heterocycles. The Morgan fingerprint density at radius 2 is 1.96 bits per heavy atom. The summed E-state index contributed by atoms with van der Waals surface area (Å²) in [6.07, 6.45) is 0. The number of urea groups is 1. The number of fused-ring (bicyclic) bond motifs is 1. The number of anilines is 1. The van der Waals surface area contributed by atoms with Crippen LogP contribution >= 0.6 is 11.3 Å². The fourth-order valence-corrected chi connectivity index (χ4v) is 4.39. The van der Waals surface area contributed by atoms with Crippen molar-refractivity contribution in [2.24, 2.45) is 0 Å². The van der Waals surface area contributed by atoms with Gasteiger partial charge in [-0.1, -0.05) is 23.5 Å². The van der Waals surface area contributed by atoms with Gasteiger partial charge in [0.05, 0.1) is 16.0 Å². The van der Waals surface area contributed by atoms with Crippen LogP contribution in [0.3, 0.4) is 0 Å². The molecular formula is C14H18N4O3S2. The normalized spacial score (nSPS) is 16.7. The van der Waals surface area contributed by atoms with E-state index < -0.39 is 10.0 Å². The number of aromatic nitrogens is 1. The summed E-state index contributed by atoms with van der Waals surface area (Å²) in [5.41, 5.74) is 0.853. The van der Waals surface area contributed by atoms with Crippen LogP contribution in [0.25, 0.3) is 10.2 Å². The molecule has 0 bridgehead atoms. The molecule has 1 aromatic heterocycles. The van der Waals surface area contributed by atoms with E-state index in [4.69, 9.17) is 0 Å². The Balaban J connectivity index is 1.61. The summed E-state index contributed by atoms with van der Waals surface area (Å²) in [6.45, 7) is 3.07. The average Bonchev–Trinajstić information content (AvgIpc) is 2.97. The van der Waals surface area contributed by atoms with Crippen LogP contribution in [-0.4, -0.2) is 60.6 Å². The molecule has 0 aliphatic carbocycles. The largest absolute Gasteiger partial charge is 0.323 e. The van der Waals surface area contributed by atoms with Gasteiger partial charge in [-0.25, -0.2) is 18.2 Å². The van der Waals surface area contributed by atoms with Crippen molar-refractivity contribution in [3.63, 3.8) is 0 Å². The second kappa shape index (κ2) is 6.42. The van der Waals surface area contributed by atoms with Crippen LogP contribution in [0.5, 0.6) is 0 Å². The van der Waals surface area contributed by atoms with Gasteiger partial charge >= 0.3 is 6.03 Å². The fourth-order valence-electron chi connectivity index (χ4n) is 2.45. The van der Waals surface area contributed by atoms with E-state index in [1.165, 1.54) is 15.6 Å². The van der Waals surface area contributed by atoms with Gasteiger partial charge in [-0.05, 0) is 19.1 Å². The number of rotatable bonds is 3. The van der Waals surface area contributed by atoms with Crippen LogP contribution in [-0.2, 0) is 10.0 Å². The average molecular weight is 354 g/mol.